The molecular formula is C10H10ClO2. The summed E-state index contributed by atoms with van der Waals surface area (Å²) in [5, 5.41) is 0.630. The lowest BCUT2D eigenvalue weighted by molar-refractivity contribution is 0.141. The van der Waals surface area contributed by atoms with Gasteiger partial charge in [-0.05, 0) is 18.2 Å². The molecule has 0 saturated carbocycles. The zero-order valence-electron chi connectivity index (χ0n) is 7.13. The molecule has 1 aliphatic heterocycles. The van der Waals surface area contributed by atoms with Gasteiger partial charge in [-0.25, -0.2) is 0 Å². The van der Waals surface area contributed by atoms with E-state index in [0.29, 0.717) is 17.4 Å². The number of hydrogen-bond acceptors (Lipinski definition) is 2. The summed E-state index contributed by atoms with van der Waals surface area (Å²) in [6.45, 7) is 1.43. The first kappa shape index (κ1) is 8.85. The van der Waals surface area contributed by atoms with Crippen LogP contribution in [0.1, 0.15) is 6.42 Å². The van der Waals surface area contributed by atoms with E-state index in [9.17, 15) is 0 Å². The number of benzene rings is 1. The van der Waals surface area contributed by atoms with Gasteiger partial charge in [0.25, 0.3) is 0 Å². The molecule has 0 N–H and O–H groups in total. The van der Waals surface area contributed by atoms with Crippen LogP contribution in [0.25, 0.3) is 0 Å². The monoisotopic (exact) mass is 197 g/mol. The van der Waals surface area contributed by atoms with Gasteiger partial charge in [0.15, 0.2) is 0 Å². The minimum atomic E-state index is 0.147. The fourth-order valence-electron chi connectivity index (χ4n) is 1.27. The molecule has 1 unspecified atom stereocenters. The van der Waals surface area contributed by atoms with Gasteiger partial charge in [0.2, 0.25) is 0 Å². The Labute approximate surface area is 82.4 Å². The van der Waals surface area contributed by atoms with E-state index in [1.165, 1.54) is 0 Å². The maximum atomic E-state index is 5.92. The van der Waals surface area contributed by atoms with Gasteiger partial charge in [0.1, 0.15) is 11.9 Å². The SMILES string of the molecule is Clc1cc[c]cc1OC1CCOC1. The van der Waals surface area contributed by atoms with E-state index in [0.717, 1.165) is 13.0 Å². The summed E-state index contributed by atoms with van der Waals surface area (Å²) in [6.07, 6.45) is 1.08. The lowest BCUT2D eigenvalue weighted by Crippen LogP contribution is -2.15. The maximum absolute atomic E-state index is 5.92. The molecule has 1 atom stereocenters. The van der Waals surface area contributed by atoms with Crippen molar-refractivity contribution in [3.05, 3.63) is 29.3 Å². The highest BCUT2D eigenvalue weighted by Crippen LogP contribution is 2.25. The lowest BCUT2D eigenvalue weighted by Gasteiger charge is -2.12. The average Bonchev–Trinajstić information content (AvgIpc) is 2.61. The number of halogens is 1. The van der Waals surface area contributed by atoms with Crippen molar-refractivity contribution in [2.24, 2.45) is 0 Å². The van der Waals surface area contributed by atoms with Crippen LogP contribution in [0.15, 0.2) is 18.2 Å². The fourth-order valence-corrected chi connectivity index (χ4v) is 1.43. The average molecular weight is 198 g/mol. The van der Waals surface area contributed by atoms with Crippen molar-refractivity contribution >= 4 is 11.6 Å². The second-order valence-corrected chi connectivity index (χ2v) is 3.37. The first-order valence-corrected chi connectivity index (χ1v) is 4.64. The van der Waals surface area contributed by atoms with Crippen LogP contribution in [0.3, 0.4) is 0 Å². The van der Waals surface area contributed by atoms with Gasteiger partial charge in [-0.2, -0.15) is 0 Å². The first-order chi connectivity index (χ1) is 6.36. The molecule has 1 aliphatic rings. The highest BCUT2D eigenvalue weighted by atomic mass is 35.5. The molecule has 69 valence electrons. The number of hydrogen-bond donors (Lipinski definition) is 0. The smallest absolute Gasteiger partial charge is 0.139 e. The molecular weight excluding hydrogens is 188 g/mol. The van der Waals surface area contributed by atoms with Crippen LogP contribution in [0.2, 0.25) is 5.02 Å². The van der Waals surface area contributed by atoms with Crippen LogP contribution >= 0.6 is 11.6 Å². The first-order valence-electron chi connectivity index (χ1n) is 4.26. The van der Waals surface area contributed by atoms with Crippen LogP contribution in [-0.2, 0) is 4.74 Å². The van der Waals surface area contributed by atoms with Gasteiger partial charge in [-0.1, -0.05) is 17.7 Å². The van der Waals surface area contributed by atoms with Crippen molar-refractivity contribution in [3.63, 3.8) is 0 Å². The predicted molar refractivity (Wildman–Crippen MR) is 50.1 cm³/mol. The summed E-state index contributed by atoms with van der Waals surface area (Å²) in [5.41, 5.74) is 0. The third kappa shape index (κ3) is 2.14. The Morgan fingerprint density at radius 3 is 3.23 bits per heavy atom. The Bertz CT molecular complexity index is 282. The van der Waals surface area contributed by atoms with Crippen LogP contribution in [0.4, 0.5) is 0 Å². The summed E-state index contributed by atoms with van der Waals surface area (Å²) in [6, 6.07) is 8.21. The van der Waals surface area contributed by atoms with Crippen LogP contribution in [0, 0.1) is 6.07 Å². The lowest BCUT2D eigenvalue weighted by atomic mass is 10.3. The normalized spacial score (nSPS) is 21.8. The Morgan fingerprint density at radius 1 is 1.62 bits per heavy atom. The van der Waals surface area contributed by atoms with Crippen LogP contribution in [-0.4, -0.2) is 19.3 Å². The quantitative estimate of drug-likeness (QED) is 0.725. The van der Waals surface area contributed by atoms with Crippen LogP contribution < -0.4 is 4.74 Å². The predicted octanol–water partition coefficient (Wildman–Crippen LogP) is 2.31. The summed E-state index contributed by atoms with van der Waals surface area (Å²) < 4.78 is 10.8. The van der Waals surface area contributed by atoms with Crippen molar-refractivity contribution in [2.75, 3.05) is 13.2 Å². The Hall–Kier alpha value is -0.730. The summed E-state index contributed by atoms with van der Waals surface area (Å²) in [4.78, 5) is 0. The third-order valence-electron chi connectivity index (χ3n) is 1.96. The highest BCUT2D eigenvalue weighted by molar-refractivity contribution is 6.32. The van der Waals surface area contributed by atoms with Gasteiger partial charge < -0.3 is 9.47 Å². The Morgan fingerprint density at radius 2 is 2.54 bits per heavy atom. The molecule has 1 heterocycles. The van der Waals surface area contributed by atoms with Crippen molar-refractivity contribution in [1.29, 1.82) is 0 Å². The van der Waals surface area contributed by atoms with E-state index in [2.05, 4.69) is 6.07 Å². The Balaban J connectivity index is 2.04. The molecule has 1 aromatic carbocycles. The minimum Gasteiger partial charge on any atom is -0.486 e. The second kappa shape index (κ2) is 3.99. The van der Waals surface area contributed by atoms with Crippen molar-refractivity contribution in [3.8, 4) is 5.75 Å². The molecule has 2 rings (SSSR count). The summed E-state index contributed by atoms with van der Waals surface area (Å²) in [5.74, 6) is 0.694. The second-order valence-electron chi connectivity index (χ2n) is 2.96. The minimum absolute atomic E-state index is 0.147. The summed E-state index contributed by atoms with van der Waals surface area (Å²) in [7, 11) is 0. The van der Waals surface area contributed by atoms with Gasteiger partial charge in [0, 0.05) is 6.42 Å². The van der Waals surface area contributed by atoms with Gasteiger partial charge in [-0.3, -0.25) is 0 Å². The van der Waals surface area contributed by atoms with E-state index in [-0.39, 0.29) is 6.10 Å². The number of rotatable bonds is 2. The fraction of sp³-hybridized carbons (Fsp3) is 0.400. The molecule has 0 aliphatic carbocycles. The van der Waals surface area contributed by atoms with Gasteiger partial charge in [0.05, 0.1) is 18.2 Å². The molecule has 1 fully saturated rings. The third-order valence-corrected chi connectivity index (χ3v) is 2.27. The molecule has 1 aromatic rings. The standard InChI is InChI=1S/C10H10ClO2/c11-9-3-1-2-4-10(9)13-8-5-6-12-7-8/h1,3-4,8H,5-7H2. The molecule has 13 heavy (non-hydrogen) atoms. The Kier molecular flexibility index (Phi) is 2.71. The molecule has 0 spiro atoms. The molecule has 1 radical (unpaired) electrons. The van der Waals surface area contributed by atoms with Crippen molar-refractivity contribution in [2.45, 2.75) is 12.5 Å². The molecule has 0 bridgehead atoms. The van der Waals surface area contributed by atoms with E-state index in [4.69, 9.17) is 21.1 Å². The molecule has 0 amide bonds. The zero-order chi connectivity index (χ0) is 9.10. The maximum Gasteiger partial charge on any atom is 0.139 e. The number of ether oxygens (including phenoxy) is 2. The van der Waals surface area contributed by atoms with Gasteiger partial charge >= 0.3 is 0 Å². The van der Waals surface area contributed by atoms with E-state index < -0.39 is 0 Å². The van der Waals surface area contributed by atoms with Crippen molar-refractivity contribution < 1.29 is 9.47 Å². The van der Waals surface area contributed by atoms with E-state index in [1.807, 2.05) is 0 Å². The van der Waals surface area contributed by atoms with Crippen LogP contribution in [0.5, 0.6) is 5.75 Å². The topological polar surface area (TPSA) is 18.5 Å². The van der Waals surface area contributed by atoms with E-state index >= 15 is 0 Å². The molecule has 2 nitrogen and oxygen atoms in total. The largest absolute Gasteiger partial charge is 0.486 e. The van der Waals surface area contributed by atoms with Gasteiger partial charge in [-0.15, -0.1) is 0 Å². The molecule has 1 saturated heterocycles. The van der Waals surface area contributed by atoms with E-state index in [1.54, 1.807) is 18.2 Å². The molecule has 3 heteroatoms. The molecule has 0 aromatic heterocycles. The summed E-state index contributed by atoms with van der Waals surface area (Å²) >= 11 is 5.92. The zero-order valence-corrected chi connectivity index (χ0v) is 7.88. The van der Waals surface area contributed by atoms with Crippen molar-refractivity contribution in [1.82, 2.24) is 0 Å². The highest BCUT2D eigenvalue weighted by Gasteiger charge is 2.17.